The lowest BCUT2D eigenvalue weighted by Gasteiger charge is -2.03. The first-order chi connectivity index (χ1) is 6.99. The van der Waals surface area contributed by atoms with Crippen molar-refractivity contribution < 1.29 is 13.9 Å². The van der Waals surface area contributed by atoms with Gasteiger partial charge in [-0.15, -0.1) is 0 Å². The van der Waals surface area contributed by atoms with Crippen LogP contribution >= 0.6 is 15.9 Å². The summed E-state index contributed by atoms with van der Waals surface area (Å²) >= 11 is 3.10. The van der Waals surface area contributed by atoms with E-state index < -0.39 is 5.97 Å². The van der Waals surface area contributed by atoms with Crippen LogP contribution in [0.3, 0.4) is 0 Å². The Balaban J connectivity index is 2.82. The molecule has 0 heterocycles. The van der Waals surface area contributed by atoms with Gasteiger partial charge in [0, 0.05) is 6.08 Å². The van der Waals surface area contributed by atoms with Crippen LogP contribution in [-0.2, 0) is 4.79 Å². The molecule has 0 aliphatic carbocycles. The third-order valence-electron chi connectivity index (χ3n) is 1.51. The quantitative estimate of drug-likeness (QED) is 0.468. The summed E-state index contributed by atoms with van der Waals surface area (Å²) < 4.78 is 18.1. The zero-order valence-electron chi connectivity index (χ0n) is 8.38. The van der Waals surface area contributed by atoms with Gasteiger partial charge in [0.1, 0.15) is 11.6 Å². The lowest BCUT2D eigenvalue weighted by molar-refractivity contribution is -0.129. The number of esters is 1. The average molecular weight is 273 g/mol. The van der Waals surface area contributed by atoms with Gasteiger partial charge >= 0.3 is 5.97 Å². The molecule has 2 nitrogen and oxygen atoms in total. The molecule has 1 rings (SSSR count). The highest BCUT2D eigenvalue weighted by Crippen LogP contribution is 2.25. The van der Waals surface area contributed by atoms with Crippen LogP contribution in [0.2, 0.25) is 0 Å². The lowest BCUT2D eigenvalue weighted by atomic mass is 10.3. The van der Waals surface area contributed by atoms with Crippen LogP contribution in [0.4, 0.5) is 4.39 Å². The van der Waals surface area contributed by atoms with E-state index in [0.717, 1.165) is 5.57 Å². The fourth-order valence-electron chi connectivity index (χ4n) is 0.932. The molecule has 0 aliphatic rings. The van der Waals surface area contributed by atoms with Crippen molar-refractivity contribution in [3.8, 4) is 5.75 Å². The minimum atomic E-state index is -0.470. The molecule has 0 saturated heterocycles. The maximum atomic E-state index is 12.7. The van der Waals surface area contributed by atoms with Crippen molar-refractivity contribution in [2.75, 3.05) is 0 Å². The predicted molar refractivity (Wildman–Crippen MR) is 59.2 cm³/mol. The number of carbonyl (C=O) groups excluding carboxylic acids is 1. The number of hydrogen-bond acceptors (Lipinski definition) is 2. The highest BCUT2D eigenvalue weighted by molar-refractivity contribution is 9.10. The molecule has 4 heteroatoms. The van der Waals surface area contributed by atoms with Gasteiger partial charge in [-0.2, -0.15) is 0 Å². The molecule has 0 radical (unpaired) electrons. The topological polar surface area (TPSA) is 26.3 Å². The number of allylic oxidation sites excluding steroid dienone is 1. The van der Waals surface area contributed by atoms with Crippen molar-refractivity contribution in [3.05, 3.63) is 40.1 Å². The number of halogens is 2. The lowest BCUT2D eigenvalue weighted by Crippen LogP contribution is -2.04. The second-order valence-corrected chi connectivity index (χ2v) is 4.07. The molecule has 0 bridgehead atoms. The highest BCUT2D eigenvalue weighted by atomic mass is 79.9. The van der Waals surface area contributed by atoms with Crippen LogP contribution < -0.4 is 4.74 Å². The van der Waals surface area contributed by atoms with Gasteiger partial charge in [0.25, 0.3) is 0 Å². The predicted octanol–water partition coefficient (Wildman–Crippen LogP) is 3.46. The Kier molecular flexibility index (Phi) is 4.03. The first kappa shape index (κ1) is 11.9. The number of carbonyl (C=O) groups is 1. The number of benzene rings is 1. The van der Waals surface area contributed by atoms with Crippen LogP contribution in [0.15, 0.2) is 34.3 Å². The second kappa shape index (κ2) is 5.07. The smallest absolute Gasteiger partial charge is 0.336 e. The van der Waals surface area contributed by atoms with E-state index in [1.54, 1.807) is 13.8 Å². The van der Waals surface area contributed by atoms with Gasteiger partial charge < -0.3 is 4.74 Å². The summed E-state index contributed by atoms with van der Waals surface area (Å²) in [6.45, 7) is 3.59. The summed E-state index contributed by atoms with van der Waals surface area (Å²) in [7, 11) is 0. The minimum Gasteiger partial charge on any atom is -0.422 e. The van der Waals surface area contributed by atoms with E-state index >= 15 is 0 Å². The minimum absolute atomic E-state index is 0.305. The first-order valence-corrected chi connectivity index (χ1v) is 5.10. The largest absolute Gasteiger partial charge is 0.422 e. The summed E-state index contributed by atoms with van der Waals surface area (Å²) in [5.74, 6) is -0.551. The summed E-state index contributed by atoms with van der Waals surface area (Å²) in [5.41, 5.74) is 0.846. The van der Waals surface area contributed by atoms with Crippen molar-refractivity contribution in [3.63, 3.8) is 0 Å². The molecule has 0 fully saturated rings. The first-order valence-electron chi connectivity index (χ1n) is 4.31. The fraction of sp³-hybridized carbons (Fsp3) is 0.182. The monoisotopic (exact) mass is 272 g/mol. The SMILES string of the molecule is CC(C)=CC(=O)Oc1ccc(F)cc1Br. The molecule has 0 amide bonds. The van der Waals surface area contributed by atoms with E-state index in [0.29, 0.717) is 10.2 Å². The van der Waals surface area contributed by atoms with Gasteiger partial charge in [0.2, 0.25) is 0 Å². The van der Waals surface area contributed by atoms with Crippen LogP contribution in [0.25, 0.3) is 0 Å². The molecule has 0 N–H and O–H groups in total. The summed E-state index contributed by atoms with van der Waals surface area (Å²) in [6, 6.07) is 3.87. The second-order valence-electron chi connectivity index (χ2n) is 3.22. The number of hydrogen-bond donors (Lipinski definition) is 0. The molecular weight excluding hydrogens is 263 g/mol. The van der Waals surface area contributed by atoms with Crippen molar-refractivity contribution in [1.29, 1.82) is 0 Å². The molecule has 80 valence electrons. The summed E-state index contributed by atoms with van der Waals surface area (Å²) in [4.78, 5) is 11.2. The van der Waals surface area contributed by atoms with E-state index in [1.165, 1.54) is 24.3 Å². The van der Waals surface area contributed by atoms with Crippen LogP contribution in [-0.4, -0.2) is 5.97 Å². The Labute approximate surface area is 95.9 Å². The maximum absolute atomic E-state index is 12.7. The van der Waals surface area contributed by atoms with Crippen LogP contribution in [0, 0.1) is 5.82 Å². The van der Waals surface area contributed by atoms with Gasteiger partial charge in [-0.25, -0.2) is 9.18 Å². The standard InChI is InChI=1S/C11H10BrFO2/c1-7(2)5-11(14)15-10-4-3-8(13)6-9(10)12/h3-6H,1-2H3. The van der Waals surface area contributed by atoms with Gasteiger partial charge in [-0.05, 0) is 48.0 Å². The van der Waals surface area contributed by atoms with E-state index in [9.17, 15) is 9.18 Å². The third-order valence-corrected chi connectivity index (χ3v) is 2.13. The molecule has 1 aromatic carbocycles. The van der Waals surface area contributed by atoms with Crippen LogP contribution in [0.5, 0.6) is 5.75 Å². The average Bonchev–Trinajstić information content (AvgIpc) is 2.08. The maximum Gasteiger partial charge on any atom is 0.336 e. The molecule has 0 aromatic heterocycles. The Bertz CT molecular complexity index is 409. The zero-order valence-corrected chi connectivity index (χ0v) is 9.97. The van der Waals surface area contributed by atoms with Crippen molar-refractivity contribution in [1.82, 2.24) is 0 Å². The highest BCUT2D eigenvalue weighted by Gasteiger charge is 2.06. The van der Waals surface area contributed by atoms with Gasteiger partial charge in [-0.3, -0.25) is 0 Å². The normalized spacial score (nSPS) is 9.60. The summed E-state index contributed by atoms with van der Waals surface area (Å²) in [5, 5.41) is 0. The molecule has 0 atom stereocenters. The van der Waals surface area contributed by atoms with Gasteiger partial charge in [0.15, 0.2) is 0 Å². The Morgan fingerprint density at radius 1 is 1.47 bits per heavy atom. The van der Waals surface area contributed by atoms with E-state index in [1.807, 2.05) is 0 Å². The van der Waals surface area contributed by atoms with Gasteiger partial charge in [0.05, 0.1) is 4.47 Å². The third kappa shape index (κ3) is 3.83. The molecule has 0 saturated carbocycles. The number of ether oxygens (including phenoxy) is 1. The van der Waals surface area contributed by atoms with Gasteiger partial charge in [-0.1, -0.05) is 5.57 Å². The van der Waals surface area contributed by atoms with Crippen molar-refractivity contribution >= 4 is 21.9 Å². The summed E-state index contributed by atoms with van der Waals surface area (Å²) in [6.07, 6.45) is 1.37. The van der Waals surface area contributed by atoms with E-state index in [4.69, 9.17) is 4.74 Å². The van der Waals surface area contributed by atoms with E-state index in [2.05, 4.69) is 15.9 Å². The molecule has 15 heavy (non-hydrogen) atoms. The molecular formula is C11H10BrFO2. The zero-order chi connectivity index (χ0) is 11.4. The Morgan fingerprint density at radius 2 is 2.13 bits per heavy atom. The van der Waals surface area contributed by atoms with Crippen molar-refractivity contribution in [2.45, 2.75) is 13.8 Å². The van der Waals surface area contributed by atoms with Crippen molar-refractivity contribution in [2.24, 2.45) is 0 Å². The number of rotatable bonds is 2. The van der Waals surface area contributed by atoms with E-state index in [-0.39, 0.29) is 5.82 Å². The molecule has 0 unspecified atom stereocenters. The Hall–Kier alpha value is -1.16. The van der Waals surface area contributed by atoms with Crippen LogP contribution in [0.1, 0.15) is 13.8 Å². The molecule has 0 spiro atoms. The Morgan fingerprint density at radius 3 is 2.67 bits per heavy atom. The molecule has 0 aliphatic heterocycles. The molecule has 1 aromatic rings. The fourth-order valence-corrected chi connectivity index (χ4v) is 1.36.